The third kappa shape index (κ3) is 4.14. The average molecular weight is 691 g/mol. The van der Waals surface area contributed by atoms with E-state index in [1.807, 2.05) is 11.3 Å². The van der Waals surface area contributed by atoms with E-state index in [1.54, 1.807) is 0 Å². The molecular weight excluding hydrogens is 661 g/mol. The number of para-hydroxylation sites is 1. The van der Waals surface area contributed by atoms with Gasteiger partial charge in [-0.3, -0.25) is 0 Å². The van der Waals surface area contributed by atoms with Gasteiger partial charge in [0.25, 0.3) is 0 Å². The number of benzene rings is 9. The molecule has 53 heavy (non-hydrogen) atoms. The molecule has 9 aromatic carbocycles. The average Bonchev–Trinajstić information content (AvgIpc) is 3.87. The Morgan fingerprint density at radius 1 is 0.321 bits per heavy atom. The summed E-state index contributed by atoms with van der Waals surface area (Å²) in [7, 11) is 0. The SMILES string of the molecule is c1ccc2c(-n3c4ccc(-c5ccc6c(c5)c5ccccc5n6-c5ccc6c(c5)sc5ccccc56)cc4c4ccc5ccccc5c43)cccc2c1. The smallest absolute Gasteiger partial charge is 0.0619 e. The van der Waals surface area contributed by atoms with Crippen molar-refractivity contribution in [1.82, 2.24) is 9.13 Å². The molecular formula is C50H30N2S. The summed E-state index contributed by atoms with van der Waals surface area (Å²) in [4.78, 5) is 0. The summed E-state index contributed by atoms with van der Waals surface area (Å²) >= 11 is 1.87. The molecule has 2 nitrogen and oxygen atoms in total. The maximum absolute atomic E-state index is 2.49. The molecule has 3 heteroatoms. The quantitative estimate of drug-likeness (QED) is 0.175. The van der Waals surface area contributed by atoms with Crippen LogP contribution in [-0.4, -0.2) is 9.13 Å². The second-order valence-corrected chi connectivity index (χ2v) is 15.2. The van der Waals surface area contributed by atoms with Gasteiger partial charge in [-0.05, 0) is 76.5 Å². The predicted molar refractivity (Wildman–Crippen MR) is 228 cm³/mol. The van der Waals surface area contributed by atoms with Crippen LogP contribution < -0.4 is 0 Å². The standard InChI is InChI=1S/C50H30N2S/c1-3-13-36-31(10-1)12-9-18-44(36)52-47-27-22-34(29-43(47)41-24-20-32-11-2-4-14-37(32)50(41)52)33-21-26-46-42(28-33)38-15-5-7-17-45(38)51(46)35-23-25-40-39-16-6-8-19-48(39)53-49(40)30-35/h1-30H. The van der Waals surface area contributed by atoms with E-state index in [0.717, 1.165) is 0 Å². The second kappa shape index (κ2) is 10.9. The zero-order valence-electron chi connectivity index (χ0n) is 28.6. The number of hydrogen-bond donors (Lipinski definition) is 0. The second-order valence-electron chi connectivity index (χ2n) is 14.1. The van der Waals surface area contributed by atoms with Crippen LogP contribution in [-0.2, 0) is 0 Å². The highest BCUT2D eigenvalue weighted by atomic mass is 32.1. The Kier molecular flexibility index (Phi) is 5.96. The summed E-state index contributed by atoms with van der Waals surface area (Å²) < 4.78 is 7.57. The van der Waals surface area contributed by atoms with Gasteiger partial charge >= 0.3 is 0 Å². The molecule has 0 aliphatic heterocycles. The molecule has 0 saturated carbocycles. The molecule has 0 N–H and O–H groups in total. The van der Waals surface area contributed by atoms with Gasteiger partial charge in [0.2, 0.25) is 0 Å². The largest absolute Gasteiger partial charge is 0.309 e. The van der Waals surface area contributed by atoms with Crippen LogP contribution in [0.4, 0.5) is 0 Å². The van der Waals surface area contributed by atoms with Gasteiger partial charge in [0.15, 0.2) is 0 Å². The number of hydrogen-bond acceptors (Lipinski definition) is 1. The van der Waals surface area contributed by atoms with Crippen LogP contribution in [0, 0.1) is 0 Å². The fraction of sp³-hybridized carbons (Fsp3) is 0. The minimum Gasteiger partial charge on any atom is -0.309 e. The maximum atomic E-state index is 2.49. The molecule has 12 aromatic rings. The van der Waals surface area contributed by atoms with Crippen molar-refractivity contribution < 1.29 is 0 Å². The Bertz CT molecular complexity index is 3460. The molecule has 0 aliphatic rings. The van der Waals surface area contributed by atoms with Gasteiger partial charge in [0.05, 0.1) is 27.8 Å². The molecule has 0 radical (unpaired) electrons. The number of aromatic nitrogens is 2. The minimum atomic E-state index is 1.19. The van der Waals surface area contributed by atoms with Crippen LogP contribution in [0.1, 0.15) is 0 Å². The van der Waals surface area contributed by atoms with Crippen LogP contribution in [0.15, 0.2) is 182 Å². The first kappa shape index (κ1) is 29.0. The predicted octanol–water partition coefficient (Wildman–Crippen LogP) is 14.2. The summed E-state index contributed by atoms with van der Waals surface area (Å²) in [6.45, 7) is 0. The summed E-state index contributed by atoms with van der Waals surface area (Å²) in [5.41, 5.74) is 9.73. The van der Waals surface area contributed by atoms with Gasteiger partial charge in [-0.2, -0.15) is 0 Å². The highest BCUT2D eigenvalue weighted by molar-refractivity contribution is 7.25. The van der Waals surface area contributed by atoms with Crippen molar-refractivity contribution in [1.29, 1.82) is 0 Å². The summed E-state index contributed by atoms with van der Waals surface area (Å²) in [6, 6.07) is 67.3. The molecule has 12 rings (SSSR count). The lowest BCUT2D eigenvalue weighted by atomic mass is 10.00. The van der Waals surface area contributed by atoms with Crippen molar-refractivity contribution in [3.8, 4) is 22.5 Å². The molecule has 0 amide bonds. The van der Waals surface area contributed by atoms with Crippen molar-refractivity contribution in [2.45, 2.75) is 0 Å². The molecule has 3 heterocycles. The fourth-order valence-electron chi connectivity index (χ4n) is 8.90. The van der Waals surface area contributed by atoms with Gasteiger partial charge in [0, 0.05) is 58.2 Å². The van der Waals surface area contributed by atoms with E-state index in [4.69, 9.17) is 0 Å². The van der Waals surface area contributed by atoms with E-state index in [1.165, 1.54) is 108 Å². The van der Waals surface area contributed by atoms with Crippen molar-refractivity contribution in [3.05, 3.63) is 182 Å². The number of fused-ring (bicyclic) bond motifs is 12. The Hall–Kier alpha value is -6.68. The molecule has 0 spiro atoms. The Morgan fingerprint density at radius 2 is 0.906 bits per heavy atom. The summed E-state index contributed by atoms with van der Waals surface area (Å²) in [5, 5.41) is 12.7. The molecule has 0 atom stereocenters. The highest BCUT2D eigenvalue weighted by Crippen LogP contribution is 2.42. The highest BCUT2D eigenvalue weighted by Gasteiger charge is 2.19. The van der Waals surface area contributed by atoms with Crippen LogP contribution >= 0.6 is 11.3 Å². The third-order valence-electron chi connectivity index (χ3n) is 11.3. The van der Waals surface area contributed by atoms with E-state index in [2.05, 4.69) is 191 Å². The monoisotopic (exact) mass is 690 g/mol. The molecule has 0 bridgehead atoms. The molecule has 0 saturated heterocycles. The fourth-order valence-corrected chi connectivity index (χ4v) is 10.0. The van der Waals surface area contributed by atoms with Crippen LogP contribution in [0.2, 0.25) is 0 Å². The zero-order valence-corrected chi connectivity index (χ0v) is 29.4. The minimum absolute atomic E-state index is 1.19. The van der Waals surface area contributed by atoms with Crippen LogP contribution in [0.3, 0.4) is 0 Å². The van der Waals surface area contributed by atoms with E-state index in [-0.39, 0.29) is 0 Å². The van der Waals surface area contributed by atoms with Gasteiger partial charge in [-0.15, -0.1) is 11.3 Å². The molecule has 0 unspecified atom stereocenters. The van der Waals surface area contributed by atoms with E-state index in [0.29, 0.717) is 0 Å². The third-order valence-corrected chi connectivity index (χ3v) is 12.4. The summed E-state index contributed by atoms with van der Waals surface area (Å²) in [6.07, 6.45) is 0. The molecule has 246 valence electrons. The lowest BCUT2D eigenvalue weighted by Crippen LogP contribution is -1.96. The Morgan fingerprint density at radius 3 is 1.74 bits per heavy atom. The first-order valence-electron chi connectivity index (χ1n) is 18.2. The molecule has 0 fully saturated rings. The zero-order chi connectivity index (χ0) is 34.6. The van der Waals surface area contributed by atoms with Crippen molar-refractivity contribution in [2.75, 3.05) is 0 Å². The Labute approximate surface area is 309 Å². The number of thiophene rings is 1. The van der Waals surface area contributed by atoms with Crippen molar-refractivity contribution in [3.63, 3.8) is 0 Å². The van der Waals surface area contributed by atoms with Crippen LogP contribution in [0.25, 0.3) is 108 Å². The topological polar surface area (TPSA) is 9.86 Å². The van der Waals surface area contributed by atoms with Gasteiger partial charge < -0.3 is 9.13 Å². The van der Waals surface area contributed by atoms with Crippen molar-refractivity contribution in [2.24, 2.45) is 0 Å². The normalized spacial score (nSPS) is 12.2. The van der Waals surface area contributed by atoms with Gasteiger partial charge in [-0.1, -0.05) is 127 Å². The lowest BCUT2D eigenvalue weighted by molar-refractivity contribution is 1.19. The van der Waals surface area contributed by atoms with E-state index >= 15 is 0 Å². The molecule has 0 aliphatic carbocycles. The number of nitrogens with zero attached hydrogens (tertiary/aromatic N) is 2. The van der Waals surface area contributed by atoms with E-state index < -0.39 is 0 Å². The maximum Gasteiger partial charge on any atom is 0.0619 e. The lowest BCUT2D eigenvalue weighted by Gasteiger charge is -2.13. The van der Waals surface area contributed by atoms with Gasteiger partial charge in [0.1, 0.15) is 0 Å². The first-order valence-corrected chi connectivity index (χ1v) is 19.0. The molecule has 3 aromatic heterocycles. The van der Waals surface area contributed by atoms with Gasteiger partial charge in [-0.25, -0.2) is 0 Å². The van der Waals surface area contributed by atoms with Crippen LogP contribution in [0.5, 0.6) is 0 Å². The van der Waals surface area contributed by atoms with E-state index in [9.17, 15) is 0 Å². The number of rotatable bonds is 3. The van der Waals surface area contributed by atoms with Crippen molar-refractivity contribution >= 4 is 96.7 Å². The Balaban J connectivity index is 1.08. The summed E-state index contributed by atoms with van der Waals surface area (Å²) in [5.74, 6) is 0. The first-order chi connectivity index (χ1) is 26.3.